The predicted octanol–water partition coefficient (Wildman–Crippen LogP) is 0.958. The number of aromatic nitrogens is 4. The monoisotopic (exact) mass is 482 g/mol. The first-order chi connectivity index (χ1) is 15.7. The molecule has 0 saturated carbocycles. The Morgan fingerprint density at radius 3 is 1.72 bits per heavy atom. The van der Waals surface area contributed by atoms with E-state index in [2.05, 4.69) is 20.6 Å². The summed E-state index contributed by atoms with van der Waals surface area (Å²) in [5, 5.41) is 5.77. The molecule has 2 aromatic heterocycles. The lowest BCUT2D eigenvalue weighted by Gasteiger charge is -2.30. The molecule has 1 fully saturated rings. The second-order valence-electron chi connectivity index (χ2n) is 7.19. The van der Waals surface area contributed by atoms with E-state index >= 15 is 0 Å². The van der Waals surface area contributed by atoms with Gasteiger partial charge in [0.1, 0.15) is 0 Å². The highest BCUT2D eigenvalue weighted by Crippen LogP contribution is 2.32. The van der Waals surface area contributed by atoms with Crippen LogP contribution < -0.4 is 10.6 Å². The van der Waals surface area contributed by atoms with Crippen LogP contribution in [-0.2, 0) is 32.2 Å². The average molecular weight is 483 g/mol. The van der Waals surface area contributed by atoms with Crippen molar-refractivity contribution in [1.29, 1.82) is 0 Å². The normalized spacial score (nSPS) is 18.4. The zero-order valence-electron chi connectivity index (χ0n) is 17.9. The van der Waals surface area contributed by atoms with Crippen LogP contribution in [0, 0.1) is 0 Å². The summed E-state index contributed by atoms with van der Waals surface area (Å²) in [5.41, 5.74) is 0. The minimum atomic E-state index is -0.0794. The Bertz CT molecular complexity index is 724. The van der Waals surface area contributed by atoms with E-state index in [4.69, 9.17) is 9.47 Å². The highest BCUT2D eigenvalue weighted by molar-refractivity contribution is 8.76. The molecule has 0 aromatic carbocycles. The Labute approximate surface area is 195 Å². The molecule has 0 unspecified atom stereocenters. The van der Waals surface area contributed by atoms with Gasteiger partial charge in [0.2, 0.25) is 11.8 Å². The standard InChI is InChI=1S/C20H30N6O4S2/c27-19(23-5-9-25-7-3-21-15-25)1-11-29-17-13-31-32-14-18(17)30-12-2-20(28)24-6-10-26-8-4-22-16-26/h3-4,7-8,15-18H,1-2,5-6,9-14H2,(H,23,27)(H,24,28)/t17-,18-/m0/s1. The van der Waals surface area contributed by atoms with E-state index in [-0.39, 0.29) is 24.0 Å². The third-order valence-corrected chi connectivity index (χ3v) is 7.20. The minimum Gasteiger partial charge on any atom is -0.374 e. The van der Waals surface area contributed by atoms with Crippen LogP contribution in [0.1, 0.15) is 12.8 Å². The largest absolute Gasteiger partial charge is 0.374 e. The number of nitrogens with one attached hydrogen (secondary N) is 2. The van der Waals surface area contributed by atoms with Crippen LogP contribution in [0.4, 0.5) is 0 Å². The molecule has 32 heavy (non-hydrogen) atoms. The molecule has 3 heterocycles. The van der Waals surface area contributed by atoms with E-state index in [1.165, 1.54) is 0 Å². The maximum atomic E-state index is 12.0. The van der Waals surface area contributed by atoms with Crippen LogP contribution in [0.15, 0.2) is 37.4 Å². The van der Waals surface area contributed by atoms with E-state index in [1.54, 1.807) is 46.6 Å². The molecule has 3 rings (SSSR count). The molecule has 0 spiro atoms. The number of carbonyl (C=O) groups is 2. The molecule has 2 N–H and O–H groups in total. The fourth-order valence-electron chi connectivity index (χ4n) is 3.03. The topological polar surface area (TPSA) is 112 Å². The highest BCUT2D eigenvalue weighted by Gasteiger charge is 2.28. The Kier molecular flexibility index (Phi) is 10.9. The Morgan fingerprint density at radius 2 is 1.31 bits per heavy atom. The molecular weight excluding hydrogens is 452 g/mol. The predicted molar refractivity (Wildman–Crippen MR) is 124 cm³/mol. The first kappa shape index (κ1) is 24.6. The van der Waals surface area contributed by atoms with Crippen LogP contribution in [0.25, 0.3) is 0 Å². The van der Waals surface area contributed by atoms with Crippen molar-refractivity contribution < 1.29 is 19.1 Å². The van der Waals surface area contributed by atoms with E-state index in [0.717, 1.165) is 11.5 Å². The van der Waals surface area contributed by atoms with Crippen LogP contribution in [0.2, 0.25) is 0 Å². The number of hydrogen-bond acceptors (Lipinski definition) is 8. The van der Waals surface area contributed by atoms with E-state index < -0.39 is 0 Å². The van der Waals surface area contributed by atoms with Crippen molar-refractivity contribution in [3.63, 3.8) is 0 Å². The van der Waals surface area contributed by atoms with Gasteiger partial charge >= 0.3 is 0 Å². The number of rotatable bonds is 14. The lowest BCUT2D eigenvalue weighted by molar-refractivity contribution is -0.126. The van der Waals surface area contributed by atoms with E-state index in [9.17, 15) is 9.59 Å². The Morgan fingerprint density at radius 1 is 0.844 bits per heavy atom. The van der Waals surface area contributed by atoms with Crippen LogP contribution in [0.5, 0.6) is 0 Å². The van der Waals surface area contributed by atoms with Crippen molar-refractivity contribution >= 4 is 33.4 Å². The molecule has 10 nitrogen and oxygen atoms in total. The lowest BCUT2D eigenvalue weighted by atomic mass is 10.2. The SMILES string of the molecule is O=C(CCO[C@H]1CSSC[C@@H]1OCCC(=O)NCCn1ccnc1)NCCn1ccnc1. The summed E-state index contributed by atoms with van der Waals surface area (Å²) in [7, 11) is 3.49. The van der Waals surface area contributed by atoms with Crippen molar-refractivity contribution in [1.82, 2.24) is 29.7 Å². The van der Waals surface area contributed by atoms with Crippen LogP contribution >= 0.6 is 21.6 Å². The zero-order chi connectivity index (χ0) is 22.4. The molecular formula is C20H30N6O4S2. The van der Waals surface area contributed by atoms with Gasteiger partial charge < -0.3 is 29.2 Å². The van der Waals surface area contributed by atoms with Crippen molar-refractivity contribution in [2.45, 2.75) is 38.1 Å². The molecule has 1 aliphatic rings. The third kappa shape index (κ3) is 9.23. The van der Waals surface area contributed by atoms with Gasteiger partial charge in [0.25, 0.3) is 0 Å². The first-order valence-corrected chi connectivity index (χ1v) is 13.1. The van der Waals surface area contributed by atoms with Crippen LogP contribution in [-0.4, -0.2) is 80.9 Å². The quantitative estimate of drug-likeness (QED) is 0.383. The Hall–Kier alpha value is -2.02. The summed E-state index contributed by atoms with van der Waals surface area (Å²) >= 11 is 0. The second-order valence-corrected chi connectivity index (χ2v) is 9.74. The molecule has 0 radical (unpaired) electrons. The molecule has 2 amide bonds. The first-order valence-electron chi connectivity index (χ1n) is 10.6. The fourth-order valence-corrected chi connectivity index (χ4v) is 5.49. The van der Waals surface area contributed by atoms with Crippen molar-refractivity contribution in [3.05, 3.63) is 37.4 Å². The Balaban J connectivity index is 1.25. The van der Waals surface area contributed by atoms with E-state index in [0.29, 0.717) is 52.2 Å². The maximum Gasteiger partial charge on any atom is 0.222 e. The van der Waals surface area contributed by atoms with Crippen LogP contribution in [0.3, 0.4) is 0 Å². The van der Waals surface area contributed by atoms with Gasteiger partial charge in [0.15, 0.2) is 0 Å². The lowest BCUT2D eigenvalue weighted by Crippen LogP contribution is -2.39. The van der Waals surface area contributed by atoms with Gasteiger partial charge in [0, 0.05) is 75.3 Å². The molecule has 0 aliphatic carbocycles. The summed E-state index contributed by atoms with van der Waals surface area (Å²) in [6.45, 7) is 3.19. The second kappa shape index (κ2) is 14.2. The smallest absolute Gasteiger partial charge is 0.222 e. The van der Waals surface area contributed by atoms with Crippen molar-refractivity contribution in [2.24, 2.45) is 0 Å². The summed E-state index contributed by atoms with van der Waals surface area (Å²) in [6, 6.07) is 0. The molecule has 2 atom stereocenters. The fraction of sp³-hybridized carbons (Fsp3) is 0.600. The summed E-state index contributed by atoms with van der Waals surface area (Å²) in [4.78, 5) is 31.9. The molecule has 1 saturated heterocycles. The van der Waals surface area contributed by atoms with Gasteiger partial charge in [-0.2, -0.15) is 0 Å². The number of nitrogens with zero attached hydrogens (tertiary/aromatic N) is 4. The zero-order valence-corrected chi connectivity index (χ0v) is 19.6. The number of imidazole rings is 2. The number of carbonyl (C=O) groups excluding carboxylic acids is 2. The van der Waals surface area contributed by atoms with Gasteiger partial charge in [0.05, 0.1) is 38.1 Å². The molecule has 2 aromatic rings. The van der Waals surface area contributed by atoms with Gasteiger partial charge in [-0.1, -0.05) is 21.6 Å². The molecule has 12 heteroatoms. The highest BCUT2D eigenvalue weighted by atomic mass is 33.1. The molecule has 0 bridgehead atoms. The molecule has 176 valence electrons. The number of ether oxygens (including phenoxy) is 2. The molecule has 1 aliphatic heterocycles. The van der Waals surface area contributed by atoms with Gasteiger partial charge in [-0.15, -0.1) is 0 Å². The van der Waals surface area contributed by atoms with E-state index in [1.807, 2.05) is 21.5 Å². The van der Waals surface area contributed by atoms with Gasteiger partial charge in [-0.05, 0) is 0 Å². The summed E-state index contributed by atoms with van der Waals surface area (Å²) in [6.07, 6.45) is 11.0. The van der Waals surface area contributed by atoms with Crippen molar-refractivity contribution in [3.8, 4) is 0 Å². The maximum absolute atomic E-state index is 12.0. The number of amides is 2. The minimum absolute atomic E-state index is 0.0345. The van der Waals surface area contributed by atoms with Gasteiger partial charge in [-0.3, -0.25) is 9.59 Å². The summed E-state index contributed by atoms with van der Waals surface area (Å²) in [5.74, 6) is 1.53. The van der Waals surface area contributed by atoms with Gasteiger partial charge in [-0.25, -0.2) is 9.97 Å². The van der Waals surface area contributed by atoms with Crippen molar-refractivity contribution in [2.75, 3.05) is 37.8 Å². The summed E-state index contributed by atoms with van der Waals surface area (Å²) < 4.78 is 15.7. The third-order valence-electron chi connectivity index (χ3n) is 4.79. The average Bonchev–Trinajstić information content (AvgIpc) is 3.49. The number of hydrogen-bond donors (Lipinski definition) is 2.